The van der Waals surface area contributed by atoms with Crippen LogP contribution in [0.5, 0.6) is 0 Å². The first-order valence-corrected chi connectivity index (χ1v) is 16.7. The lowest BCUT2D eigenvalue weighted by Crippen LogP contribution is -2.28. The summed E-state index contributed by atoms with van der Waals surface area (Å²) >= 11 is 0. The van der Waals surface area contributed by atoms with Crippen molar-refractivity contribution in [3.05, 3.63) is 215 Å². The molecule has 230 valence electrons. The number of rotatable bonds is 6. The Morgan fingerprint density at radius 1 is 0.347 bits per heavy atom. The van der Waals surface area contributed by atoms with E-state index in [0.29, 0.717) is 0 Å². The largest absolute Gasteiger partial charge is 0.256 e. The molecule has 0 saturated carbocycles. The van der Waals surface area contributed by atoms with Crippen LogP contribution in [0, 0.1) is 0 Å². The Morgan fingerprint density at radius 3 is 1.20 bits per heavy atom. The van der Waals surface area contributed by atoms with E-state index in [2.05, 4.69) is 182 Å². The highest BCUT2D eigenvalue weighted by Crippen LogP contribution is 2.56. The van der Waals surface area contributed by atoms with Crippen molar-refractivity contribution in [3.63, 3.8) is 0 Å². The van der Waals surface area contributed by atoms with Gasteiger partial charge in [-0.05, 0) is 79.2 Å². The van der Waals surface area contributed by atoms with E-state index >= 15 is 0 Å². The maximum absolute atomic E-state index is 4.91. The van der Waals surface area contributed by atoms with Crippen LogP contribution < -0.4 is 0 Å². The summed E-state index contributed by atoms with van der Waals surface area (Å²) in [5.74, 6) is 0. The Morgan fingerprint density at radius 2 is 0.735 bits per heavy atom. The Balaban J connectivity index is 1.13. The number of aliphatic imine (C=N–C) groups is 2. The second kappa shape index (κ2) is 12.0. The lowest BCUT2D eigenvalue weighted by molar-refractivity contribution is 0.768. The number of hydrogen-bond acceptors (Lipinski definition) is 2. The highest BCUT2D eigenvalue weighted by atomic mass is 14.7. The zero-order valence-corrected chi connectivity index (χ0v) is 26.9. The Bertz CT molecular complexity index is 2350. The predicted molar refractivity (Wildman–Crippen MR) is 206 cm³/mol. The molecular formula is C47H32N2. The van der Waals surface area contributed by atoms with E-state index in [1.165, 1.54) is 54.9 Å². The van der Waals surface area contributed by atoms with Gasteiger partial charge in [-0.25, -0.2) is 0 Å². The molecule has 0 amide bonds. The minimum absolute atomic E-state index is 0.483. The maximum atomic E-state index is 4.91. The molecule has 0 aromatic heterocycles. The van der Waals surface area contributed by atoms with Crippen LogP contribution in [0.25, 0.3) is 32.7 Å². The van der Waals surface area contributed by atoms with Gasteiger partial charge in [0.1, 0.15) is 0 Å². The average molecular weight is 625 g/mol. The van der Waals surface area contributed by atoms with Gasteiger partial charge in [0.25, 0.3) is 0 Å². The third-order valence-corrected chi connectivity index (χ3v) is 9.91. The molecule has 0 atom stereocenters. The second-order valence-electron chi connectivity index (χ2n) is 12.6. The summed E-state index contributed by atoms with van der Waals surface area (Å²) in [5, 5.41) is 4.84. The molecule has 1 aliphatic carbocycles. The van der Waals surface area contributed by atoms with Crippen molar-refractivity contribution in [1.29, 1.82) is 0 Å². The lowest BCUT2D eigenvalue weighted by Gasteiger charge is -2.34. The Hall–Kier alpha value is -6.38. The highest BCUT2D eigenvalue weighted by molar-refractivity contribution is 6.01. The molecule has 0 saturated heterocycles. The SMILES string of the molecule is C(=Nc1ccc(C2(c3ccc(N=Cc4cccc5ccccc45)cc3)c3ccccc3-c3ccccc32)cc1)c1cccc2ccccc12. The summed E-state index contributed by atoms with van der Waals surface area (Å²) < 4.78 is 0. The smallest absolute Gasteiger partial charge is 0.0713 e. The lowest BCUT2D eigenvalue weighted by atomic mass is 9.67. The monoisotopic (exact) mass is 624 g/mol. The average Bonchev–Trinajstić information content (AvgIpc) is 3.48. The standard InChI is InChI=1S/C47H32N2/c1-3-17-41-33(11-1)13-9-15-35(41)31-48-39-27-23-37(24-28-39)47(45-21-7-5-19-43(45)44-20-6-8-22-46(44)47)38-25-29-40(30-26-38)49-32-36-16-10-14-34-12-2-4-18-42(34)36/h1-32H. The minimum atomic E-state index is -0.483. The molecule has 8 aromatic carbocycles. The third-order valence-electron chi connectivity index (χ3n) is 9.91. The molecule has 0 aliphatic heterocycles. The molecule has 0 unspecified atom stereocenters. The highest BCUT2D eigenvalue weighted by Gasteiger charge is 2.45. The molecule has 0 N–H and O–H groups in total. The van der Waals surface area contributed by atoms with Crippen LogP contribution in [-0.4, -0.2) is 12.4 Å². The van der Waals surface area contributed by atoms with Crippen LogP contribution in [0.4, 0.5) is 11.4 Å². The van der Waals surface area contributed by atoms with Gasteiger partial charge in [-0.1, -0.05) is 158 Å². The van der Waals surface area contributed by atoms with Crippen LogP contribution in [-0.2, 0) is 5.41 Å². The fourth-order valence-corrected chi connectivity index (χ4v) is 7.63. The quantitative estimate of drug-likeness (QED) is 0.164. The van der Waals surface area contributed by atoms with Gasteiger partial charge < -0.3 is 0 Å². The first-order valence-electron chi connectivity index (χ1n) is 16.7. The van der Waals surface area contributed by atoms with Crippen molar-refractivity contribution in [2.24, 2.45) is 9.98 Å². The number of benzene rings is 8. The van der Waals surface area contributed by atoms with E-state index in [4.69, 9.17) is 9.98 Å². The molecule has 0 spiro atoms. The molecule has 8 aromatic rings. The summed E-state index contributed by atoms with van der Waals surface area (Å²) in [6, 6.07) is 64.8. The van der Waals surface area contributed by atoms with Gasteiger partial charge in [-0.2, -0.15) is 0 Å². The Labute approximate surface area is 286 Å². The molecule has 2 heteroatoms. The van der Waals surface area contributed by atoms with Gasteiger partial charge >= 0.3 is 0 Å². The number of nitrogens with zero attached hydrogens (tertiary/aromatic N) is 2. The van der Waals surface area contributed by atoms with Gasteiger partial charge in [-0.3, -0.25) is 9.98 Å². The summed E-state index contributed by atoms with van der Waals surface area (Å²) in [4.78, 5) is 9.83. The molecule has 9 rings (SSSR count). The molecule has 1 aliphatic rings. The maximum Gasteiger partial charge on any atom is 0.0713 e. The molecule has 0 fully saturated rings. The molecular weight excluding hydrogens is 593 g/mol. The van der Waals surface area contributed by atoms with Crippen molar-refractivity contribution in [3.8, 4) is 11.1 Å². The van der Waals surface area contributed by atoms with Gasteiger partial charge in [-0.15, -0.1) is 0 Å². The summed E-state index contributed by atoms with van der Waals surface area (Å²) in [5.41, 5.74) is 11.1. The van der Waals surface area contributed by atoms with Crippen LogP contribution in [0.15, 0.2) is 192 Å². The molecule has 49 heavy (non-hydrogen) atoms. The second-order valence-corrected chi connectivity index (χ2v) is 12.6. The van der Waals surface area contributed by atoms with Crippen molar-refractivity contribution in [2.45, 2.75) is 5.41 Å². The van der Waals surface area contributed by atoms with Crippen LogP contribution in [0.3, 0.4) is 0 Å². The number of fused-ring (bicyclic) bond motifs is 5. The summed E-state index contributed by atoms with van der Waals surface area (Å²) in [6.07, 6.45) is 3.95. The Kier molecular flexibility index (Phi) is 7.06. The fourth-order valence-electron chi connectivity index (χ4n) is 7.63. The van der Waals surface area contributed by atoms with Crippen molar-refractivity contribution >= 4 is 45.3 Å². The van der Waals surface area contributed by atoms with E-state index in [0.717, 1.165) is 22.5 Å². The number of hydrogen-bond donors (Lipinski definition) is 0. The predicted octanol–water partition coefficient (Wildman–Crippen LogP) is 11.9. The first kappa shape index (κ1) is 28.8. The fraction of sp³-hybridized carbons (Fsp3) is 0.0213. The van der Waals surface area contributed by atoms with E-state index in [-0.39, 0.29) is 0 Å². The zero-order valence-electron chi connectivity index (χ0n) is 26.9. The van der Waals surface area contributed by atoms with Crippen LogP contribution in [0.2, 0.25) is 0 Å². The van der Waals surface area contributed by atoms with Crippen molar-refractivity contribution in [2.75, 3.05) is 0 Å². The molecule has 0 radical (unpaired) electrons. The normalized spacial score (nSPS) is 13.3. The van der Waals surface area contributed by atoms with Gasteiger partial charge in [0, 0.05) is 23.6 Å². The van der Waals surface area contributed by atoms with Gasteiger partial charge in [0.15, 0.2) is 0 Å². The molecule has 2 nitrogen and oxygen atoms in total. The molecule has 0 bridgehead atoms. The summed E-state index contributed by atoms with van der Waals surface area (Å²) in [7, 11) is 0. The summed E-state index contributed by atoms with van der Waals surface area (Å²) in [6.45, 7) is 0. The first-order chi connectivity index (χ1) is 24.3. The van der Waals surface area contributed by atoms with E-state index in [9.17, 15) is 0 Å². The topological polar surface area (TPSA) is 24.7 Å². The third kappa shape index (κ3) is 4.89. The zero-order chi connectivity index (χ0) is 32.6. The van der Waals surface area contributed by atoms with Crippen LogP contribution in [0.1, 0.15) is 33.4 Å². The van der Waals surface area contributed by atoms with Gasteiger partial charge in [0.2, 0.25) is 0 Å². The minimum Gasteiger partial charge on any atom is -0.256 e. The van der Waals surface area contributed by atoms with Crippen molar-refractivity contribution < 1.29 is 0 Å². The molecule has 0 heterocycles. The van der Waals surface area contributed by atoms with E-state index in [1.807, 2.05) is 12.4 Å². The van der Waals surface area contributed by atoms with Crippen LogP contribution >= 0.6 is 0 Å². The van der Waals surface area contributed by atoms with E-state index in [1.54, 1.807) is 0 Å². The van der Waals surface area contributed by atoms with Crippen molar-refractivity contribution in [1.82, 2.24) is 0 Å². The van der Waals surface area contributed by atoms with Gasteiger partial charge in [0.05, 0.1) is 16.8 Å². The van der Waals surface area contributed by atoms with E-state index < -0.39 is 5.41 Å².